The van der Waals surface area contributed by atoms with Crippen LogP contribution >= 0.6 is 0 Å². The number of benzene rings is 3. The van der Waals surface area contributed by atoms with E-state index in [4.69, 9.17) is 14.2 Å². The number of nitrogens with one attached hydrogen (secondary N) is 2. The van der Waals surface area contributed by atoms with Crippen LogP contribution in [0, 0.1) is 6.92 Å². The molecule has 8 heteroatoms. The highest BCUT2D eigenvalue weighted by molar-refractivity contribution is 5.97. The summed E-state index contributed by atoms with van der Waals surface area (Å²) in [6.07, 6.45) is -0.981. The van der Waals surface area contributed by atoms with Gasteiger partial charge in [-0.15, -0.1) is 0 Å². The first-order valence-corrected chi connectivity index (χ1v) is 10.6. The molecule has 0 saturated heterocycles. The van der Waals surface area contributed by atoms with Gasteiger partial charge in [0.1, 0.15) is 11.5 Å². The maximum atomic E-state index is 12.4. The Morgan fingerprint density at radius 3 is 2.24 bits per heavy atom. The molecule has 0 aliphatic rings. The van der Waals surface area contributed by atoms with Crippen molar-refractivity contribution in [1.82, 2.24) is 0 Å². The first-order chi connectivity index (χ1) is 16.3. The lowest BCUT2D eigenvalue weighted by molar-refractivity contribution is -0.123. The molecule has 0 aliphatic carbocycles. The summed E-state index contributed by atoms with van der Waals surface area (Å²) in [6, 6.07) is 20.4. The zero-order valence-corrected chi connectivity index (χ0v) is 19.2. The van der Waals surface area contributed by atoms with Crippen LogP contribution in [0.4, 0.5) is 11.4 Å². The Morgan fingerprint density at radius 1 is 0.853 bits per heavy atom. The van der Waals surface area contributed by atoms with E-state index in [1.54, 1.807) is 55.6 Å². The molecule has 0 aliphatic heterocycles. The maximum absolute atomic E-state index is 12.4. The van der Waals surface area contributed by atoms with Crippen LogP contribution in [0.25, 0.3) is 0 Å². The molecule has 1 atom stereocenters. The predicted molar refractivity (Wildman–Crippen MR) is 128 cm³/mol. The van der Waals surface area contributed by atoms with Gasteiger partial charge in [0.2, 0.25) is 0 Å². The van der Waals surface area contributed by atoms with Crippen LogP contribution < -0.4 is 20.1 Å². The molecule has 0 fully saturated rings. The highest BCUT2D eigenvalue weighted by atomic mass is 16.5. The third-order valence-electron chi connectivity index (χ3n) is 4.79. The summed E-state index contributed by atoms with van der Waals surface area (Å²) < 4.78 is 15.8. The first-order valence-electron chi connectivity index (χ1n) is 10.6. The van der Waals surface area contributed by atoms with Gasteiger partial charge in [0.25, 0.3) is 11.8 Å². The number of rotatable bonds is 9. The van der Waals surface area contributed by atoms with E-state index in [1.807, 2.05) is 19.1 Å². The van der Waals surface area contributed by atoms with Crippen LogP contribution in [0.3, 0.4) is 0 Å². The number of carbonyl (C=O) groups is 3. The van der Waals surface area contributed by atoms with Crippen molar-refractivity contribution >= 4 is 29.2 Å². The molecule has 0 heterocycles. The summed E-state index contributed by atoms with van der Waals surface area (Å²) in [6.45, 7) is 3.24. The molecule has 0 saturated carbocycles. The van der Waals surface area contributed by atoms with Crippen molar-refractivity contribution in [2.75, 3.05) is 24.4 Å². The van der Waals surface area contributed by atoms with Crippen molar-refractivity contribution in [2.24, 2.45) is 0 Å². The summed E-state index contributed by atoms with van der Waals surface area (Å²) in [7, 11) is 1.55. The number of carbonyl (C=O) groups excluding carboxylic acids is 3. The minimum Gasteiger partial charge on any atom is -0.497 e. The van der Waals surface area contributed by atoms with Crippen molar-refractivity contribution in [3.63, 3.8) is 0 Å². The molecule has 34 heavy (non-hydrogen) atoms. The second-order valence-electron chi connectivity index (χ2n) is 7.50. The quantitative estimate of drug-likeness (QED) is 0.462. The largest absolute Gasteiger partial charge is 0.497 e. The fraction of sp³-hybridized carbons (Fsp3) is 0.192. The standard InChI is InChI=1S/C26H26N2O6/c1-17-7-11-20(12-8-17)28-25(30)18(2)34-26(31)19-9-13-22(14-10-19)33-16-24(29)27-21-5-4-6-23(15-21)32-3/h4-15,18H,16H2,1-3H3,(H,27,29)(H,28,30)/t18-/m0/s1. The van der Waals surface area contributed by atoms with Crippen molar-refractivity contribution in [3.05, 3.63) is 83.9 Å². The van der Waals surface area contributed by atoms with Crippen molar-refractivity contribution in [3.8, 4) is 11.5 Å². The number of anilines is 2. The molecule has 0 radical (unpaired) electrons. The van der Waals surface area contributed by atoms with Crippen LogP contribution in [0.5, 0.6) is 11.5 Å². The van der Waals surface area contributed by atoms with Gasteiger partial charge in [-0.3, -0.25) is 9.59 Å². The summed E-state index contributed by atoms with van der Waals surface area (Å²) >= 11 is 0. The zero-order chi connectivity index (χ0) is 24.5. The number of hydrogen-bond acceptors (Lipinski definition) is 6. The number of methoxy groups -OCH3 is 1. The second-order valence-corrected chi connectivity index (χ2v) is 7.50. The topological polar surface area (TPSA) is 103 Å². The van der Waals surface area contributed by atoms with E-state index in [-0.39, 0.29) is 18.1 Å². The monoisotopic (exact) mass is 462 g/mol. The Labute approximate surface area is 197 Å². The highest BCUT2D eigenvalue weighted by Gasteiger charge is 2.19. The van der Waals surface area contributed by atoms with Gasteiger partial charge in [0.05, 0.1) is 12.7 Å². The Morgan fingerprint density at radius 2 is 1.56 bits per heavy atom. The van der Waals surface area contributed by atoms with E-state index >= 15 is 0 Å². The van der Waals surface area contributed by atoms with Crippen molar-refractivity contribution in [2.45, 2.75) is 20.0 Å². The average molecular weight is 463 g/mol. The lowest BCUT2D eigenvalue weighted by Gasteiger charge is -2.14. The normalized spacial score (nSPS) is 11.1. The van der Waals surface area contributed by atoms with Crippen LogP contribution in [0.1, 0.15) is 22.8 Å². The van der Waals surface area contributed by atoms with Gasteiger partial charge < -0.3 is 24.8 Å². The van der Waals surface area contributed by atoms with Crippen LogP contribution in [0.15, 0.2) is 72.8 Å². The lowest BCUT2D eigenvalue weighted by atomic mass is 10.2. The van der Waals surface area contributed by atoms with E-state index in [2.05, 4.69) is 10.6 Å². The summed E-state index contributed by atoms with van der Waals surface area (Å²) in [5.74, 6) is -0.385. The molecule has 0 aromatic heterocycles. The minimum absolute atomic E-state index is 0.211. The SMILES string of the molecule is COc1cccc(NC(=O)COc2ccc(C(=O)O[C@@H](C)C(=O)Nc3ccc(C)cc3)cc2)c1. The Balaban J connectivity index is 1.47. The second kappa shape index (κ2) is 11.5. The number of amides is 2. The first kappa shape index (κ1) is 24.3. The molecular weight excluding hydrogens is 436 g/mol. The third-order valence-corrected chi connectivity index (χ3v) is 4.79. The molecular formula is C26H26N2O6. The number of esters is 1. The Kier molecular flexibility index (Phi) is 8.23. The van der Waals surface area contributed by atoms with Crippen molar-refractivity contribution < 1.29 is 28.6 Å². The molecule has 2 amide bonds. The lowest BCUT2D eigenvalue weighted by Crippen LogP contribution is -2.30. The smallest absolute Gasteiger partial charge is 0.338 e. The van der Waals surface area contributed by atoms with Gasteiger partial charge in [-0.25, -0.2) is 4.79 Å². The van der Waals surface area contributed by atoms with E-state index in [0.29, 0.717) is 22.9 Å². The molecule has 8 nitrogen and oxygen atoms in total. The number of hydrogen-bond donors (Lipinski definition) is 2. The van der Waals surface area contributed by atoms with Gasteiger partial charge in [-0.1, -0.05) is 23.8 Å². The molecule has 3 rings (SSSR count). The van der Waals surface area contributed by atoms with Gasteiger partial charge >= 0.3 is 5.97 Å². The fourth-order valence-corrected chi connectivity index (χ4v) is 2.90. The summed E-state index contributed by atoms with van der Waals surface area (Å²) in [5.41, 5.74) is 2.53. The molecule has 2 N–H and O–H groups in total. The fourth-order valence-electron chi connectivity index (χ4n) is 2.90. The molecule has 0 unspecified atom stereocenters. The molecule has 3 aromatic carbocycles. The third kappa shape index (κ3) is 7.09. The van der Waals surface area contributed by atoms with Crippen LogP contribution in [0.2, 0.25) is 0 Å². The van der Waals surface area contributed by atoms with Gasteiger partial charge in [-0.2, -0.15) is 0 Å². The minimum atomic E-state index is -0.981. The number of aryl methyl sites for hydroxylation is 1. The van der Waals surface area contributed by atoms with Crippen molar-refractivity contribution in [1.29, 1.82) is 0 Å². The molecule has 0 spiro atoms. The Hall–Kier alpha value is -4.33. The van der Waals surface area contributed by atoms with Crippen LogP contribution in [-0.4, -0.2) is 37.6 Å². The maximum Gasteiger partial charge on any atom is 0.338 e. The molecule has 3 aromatic rings. The van der Waals surface area contributed by atoms with Gasteiger partial charge in [-0.05, 0) is 62.4 Å². The summed E-state index contributed by atoms with van der Waals surface area (Å²) in [4.78, 5) is 36.8. The van der Waals surface area contributed by atoms with E-state index in [1.165, 1.54) is 19.1 Å². The number of ether oxygens (including phenoxy) is 3. The van der Waals surface area contributed by atoms with Gasteiger partial charge in [0.15, 0.2) is 12.7 Å². The summed E-state index contributed by atoms with van der Waals surface area (Å²) in [5, 5.41) is 5.42. The van der Waals surface area contributed by atoms with Crippen LogP contribution in [-0.2, 0) is 14.3 Å². The molecule has 0 bridgehead atoms. The highest BCUT2D eigenvalue weighted by Crippen LogP contribution is 2.17. The van der Waals surface area contributed by atoms with Gasteiger partial charge in [0, 0.05) is 17.4 Å². The average Bonchev–Trinajstić information content (AvgIpc) is 2.84. The molecule has 176 valence electrons. The predicted octanol–water partition coefficient (Wildman–Crippen LogP) is 4.21. The van der Waals surface area contributed by atoms with E-state index in [9.17, 15) is 14.4 Å². The Bertz CT molecular complexity index is 1140. The van der Waals surface area contributed by atoms with E-state index in [0.717, 1.165) is 5.56 Å². The zero-order valence-electron chi connectivity index (χ0n) is 19.2. The van der Waals surface area contributed by atoms with E-state index < -0.39 is 18.0 Å².